The van der Waals surface area contributed by atoms with Crippen LogP contribution in [0.3, 0.4) is 0 Å². The summed E-state index contributed by atoms with van der Waals surface area (Å²) in [5.74, 6) is 0.411. The van der Waals surface area contributed by atoms with E-state index in [0.29, 0.717) is 56.9 Å². The molecule has 0 spiro atoms. The van der Waals surface area contributed by atoms with Gasteiger partial charge in [-0.1, -0.05) is 45.8 Å². The zero-order valence-electron chi connectivity index (χ0n) is 23.5. The number of rotatable bonds is 7. The molecule has 2 aromatic carbocycles. The molecule has 2 aliphatic carbocycles. The molecule has 0 N–H and O–H groups in total. The summed E-state index contributed by atoms with van der Waals surface area (Å²) in [5.41, 5.74) is 3.89. The highest BCUT2D eigenvalue weighted by atomic mass is 35.5. The highest BCUT2D eigenvalue weighted by Gasteiger charge is 2.45. The number of methoxy groups -OCH3 is 1. The minimum Gasteiger partial charge on any atom is -0.465 e. The molecule has 0 amide bonds. The quantitative estimate of drug-likeness (QED) is 0.187. The number of ether oxygens (including phenoxy) is 2. The van der Waals surface area contributed by atoms with E-state index in [-0.39, 0.29) is 30.1 Å². The Labute approximate surface area is 262 Å². The zero-order valence-corrected chi connectivity index (χ0v) is 25.8. The SMILES string of the molecule is COC(=O)c1cc(C2CC2)c2nc(N3[C@@H]4CC[C@H]3C[C@H](OC(=O)c3c(-c5c(Cl)cccc5Cl)noc3C3CC3)C4)sc2c1. The van der Waals surface area contributed by atoms with Crippen LogP contribution in [0, 0.1) is 0 Å². The fourth-order valence-electron chi connectivity index (χ4n) is 6.86. The van der Waals surface area contributed by atoms with E-state index in [1.165, 1.54) is 7.11 Å². The number of esters is 2. The van der Waals surface area contributed by atoms with Gasteiger partial charge in [-0.25, -0.2) is 14.6 Å². The molecular formula is C32H29Cl2N3O5S. The maximum absolute atomic E-state index is 13.8. The van der Waals surface area contributed by atoms with Crippen molar-refractivity contribution >= 4 is 61.8 Å². The topological polar surface area (TPSA) is 94.8 Å². The third-order valence-corrected chi connectivity index (χ3v) is 10.9. The van der Waals surface area contributed by atoms with Gasteiger partial charge in [-0.15, -0.1) is 0 Å². The van der Waals surface area contributed by atoms with Crippen LogP contribution in [0.25, 0.3) is 21.5 Å². The first-order chi connectivity index (χ1) is 20.9. The molecular weight excluding hydrogens is 609 g/mol. The Morgan fingerprint density at radius 1 is 0.977 bits per heavy atom. The van der Waals surface area contributed by atoms with Gasteiger partial charge in [0.2, 0.25) is 0 Å². The molecule has 3 atom stereocenters. The van der Waals surface area contributed by atoms with Crippen molar-refractivity contribution < 1.29 is 23.6 Å². The number of carbonyl (C=O) groups excluding carboxylic acids is 2. The largest absolute Gasteiger partial charge is 0.465 e. The summed E-state index contributed by atoms with van der Waals surface area (Å²) < 4.78 is 17.9. The van der Waals surface area contributed by atoms with Gasteiger partial charge >= 0.3 is 11.9 Å². The van der Waals surface area contributed by atoms with Gasteiger partial charge in [0.05, 0.1) is 32.9 Å². The summed E-state index contributed by atoms with van der Waals surface area (Å²) in [5, 5.41) is 6.04. The number of carbonyl (C=O) groups is 2. The maximum atomic E-state index is 13.8. The van der Waals surface area contributed by atoms with Crippen molar-refractivity contribution in [3.63, 3.8) is 0 Å². The number of halogens is 2. The fourth-order valence-corrected chi connectivity index (χ4v) is 8.62. The molecule has 4 aromatic rings. The lowest BCUT2D eigenvalue weighted by Crippen LogP contribution is -2.46. The summed E-state index contributed by atoms with van der Waals surface area (Å²) in [6.07, 6.45) is 7.35. The molecule has 222 valence electrons. The molecule has 2 bridgehead atoms. The van der Waals surface area contributed by atoms with Crippen LogP contribution >= 0.6 is 34.5 Å². The predicted octanol–water partition coefficient (Wildman–Crippen LogP) is 8.16. The highest BCUT2D eigenvalue weighted by molar-refractivity contribution is 7.22. The van der Waals surface area contributed by atoms with Crippen LogP contribution in [0.5, 0.6) is 0 Å². The Kier molecular flexibility index (Phi) is 6.69. The number of hydrogen-bond donors (Lipinski definition) is 0. The monoisotopic (exact) mass is 637 g/mol. The number of anilines is 1. The molecule has 2 aliphatic heterocycles. The van der Waals surface area contributed by atoms with Crippen LogP contribution in [0.2, 0.25) is 10.0 Å². The van der Waals surface area contributed by atoms with Crippen LogP contribution in [0.1, 0.15) is 95.2 Å². The molecule has 0 radical (unpaired) electrons. The van der Waals surface area contributed by atoms with E-state index in [9.17, 15) is 9.59 Å². The Morgan fingerprint density at radius 2 is 1.67 bits per heavy atom. The van der Waals surface area contributed by atoms with Crippen LogP contribution < -0.4 is 4.90 Å². The molecule has 4 aliphatic rings. The Morgan fingerprint density at radius 3 is 2.33 bits per heavy atom. The van der Waals surface area contributed by atoms with Gasteiger partial charge in [0.1, 0.15) is 17.4 Å². The van der Waals surface area contributed by atoms with Crippen molar-refractivity contribution in [3.8, 4) is 11.3 Å². The average Bonchev–Trinajstić information content (AvgIpc) is 3.91. The Balaban J connectivity index is 1.05. The summed E-state index contributed by atoms with van der Waals surface area (Å²) in [7, 11) is 1.42. The maximum Gasteiger partial charge on any atom is 0.344 e. The van der Waals surface area contributed by atoms with Crippen molar-refractivity contribution in [2.75, 3.05) is 12.0 Å². The van der Waals surface area contributed by atoms with Crippen LogP contribution in [-0.2, 0) is 9.47 Å². The lowest BCUT2D eigenvalue weighted by molar-refractivity contribution is 0.0202. The number of hydrogen-bond acceptors (Lipinski definition) is 9. The number of nitrogens with zero attached hydrogens (tertiary/aromatic N) is 3. The van der Waals surface area contributed by atoms with Crippen molar-refractivity contribution in [3.05, 3.63) is 62.8 Å². The van der Waals surface area contributed by atoms with E-state index in [2.05, 4.69) is 10.1 Å². The second kappa shape index (κ2) is 10.5. The summed E-state index contributed by atoms with van der Waals surface area (Å²) in [6, 6.07) is 9.50. The Hall–Kier alpha value is -3.14. The molecule has 0 unspecified atom stereocenters. The average molecular weight is 639 g/mol. The lowest BCUT2D eigenvalue weighted by atomic mass is 9.99. The number of piperidine rings is 1. The third kappa shape index (κ3) is 4.80. The fraction of sp³-hybridized carbons (Fsp3) is 0.438. The molecule has 2 aromatic heterocycles. The molecule has 4 heterocycles. The van der Waals surface area contributed by atoms with E-state index in [1.807, 2.05) is 12.1 Å². The molecule has 4 fully saturated rings. The van der Waals surface area contributed by atoms with Gasteiger partial charge in [0.25, 0.3) is 0 Å². The van der Waals surface area contributed by atoms with Crippen LogP contribution in [0.4, 0.5) is 5.13 Å². The van der Waals surface area contributed by atoms with Crippen molar-refractivity contribution in [2.45, 2.75) is 81.4 Å². The van der Waals surface area contributed by atoms with Gasteiger partial charge in [-0.2, -0.15) is 0 Å². The molecule has 8 nitrogen and oxygen atoms in total. The van der Waals surface area contributed by atoms with Crippen molar-refractivity contribution in [1.82, 2.24) is 10.1 Å². The molecule has 11 heteroatoms. The van der Waals surface area contributed by atoms with Crippen LogP contribution in [-0.4, -0.2) is 47.4 Å². The number of fused-ring (bicyclic) bond motifs is 3. The first kappa shape index (κ1) is 27.4. The Bertz CT molecular complexity index is 1740. The third-order valence-electron chi connectivity index (χ3n) is 9.21. The summed E-state index contributed by atoms with van der Waals surface area (Å²) in [4.78, 5) is 33.7. The zero-order chi connectivity index (χ0) is 29.4. The molecule has 2 saturated carbocycles. The predicted molar refractivity (Wildman–Crippen MR) is 165 cm³/mol. The summed E-state index contributed by atoms with van der Waals surface area (Å²) >= 11 is 14.6. The van der Waals surface area contributed by atoms with Gasteiger partial charge in [0, 0.05) is 36.4 Å². The van der Waals surface area contributed by atoms with E-state index >= 15 is 0 Å². The van der Waals surface area contributed by atoms with E-state index in [1.54, 1.807) is 29.5 Å². The van der Waals surface area contributed by atoms with Crippen molar-refractivity contribution in [1.29, 1.82) is 0 Å². The lowest BCUT2D eigenvalue weighted by Gasteiger charge is -2.38. The minimum atomic E-state index is -0.434. The minimum absolute atomic E-state index is 0.155. The standard InChI is InChI=1S/C32H29Cl2N3O5S/c1-40-30(38)17-11-21(15-5-6-15)27-24(12-17)43-32(35-27)37-18-9-10-19(37)14-20(13-18)41-31(39)26-28(36-42-29(26)16-7-8-16)25-22(33)3-2-4-23(25)34/h2-4,11-12,15-16,18-20H,5-10,13-14H2,1H3/t18-,19+,20-. The molecule has 43 heavy (non-hydrogen) atoms. The highest BCUT2D eigenvalue weighted by Crippen LogP contribution is 2.49. The first-order valence-corrected chi connectivity index (χ1v) is 16.4. The van der Waals surface area contributed by atoms with Gasteiger partial charge < -0.3 is 18.9 Å². The first-order valence-electron chi connectivity index (χ1n) is 14.9. The van der Waals surface area contributed by atoms with Gasteiger partial charge in [0.15, 0.2) is 10.9 Å². The number of aromatic nitrogens is 2. The second-order valence-electron chi connectivity index (χ2n) is 12.1. The van der Waals surface area contributed by atoms with E-state index in [0.717, 1.165) is 59.4 Å². The molecule has 8 rings (SSSR count). The van der Waals surface area contributed by atoms with Gasteiger partial charge in [-0.3, -0.25) is 0 Å². The van der Waals surface area contributed by atoms with E-state index in [4.69, 9.17) is 42.2 Å². The molecule has 2 saturated heterocycles. The van der Waals surface area contributed by atoms with Crippen molar-refractivity contribution in [2.24, 2.45) is 0 Å². The number of benzene rings is 2. The normalized spacial score (nSPS) is 23.1. The number of thiazole rings is 1. The van der Waals surface area contributed by atoms with Gasteiger partial charge in [-0.05, 0) is 74.3 Å². The second-order valence-corrected chi connectivity index (χ2v) is 13.9. The van der Waals surface area contributed by atoms with Crippen LogP contribution in [0.15, 0.2) is 34.9 Å². The smallest absolute Gasteiger partial charge is 0.344 e. The summed E-state index contributed by atoms with van der Waals surface area (Å²) in [6.45, 7) is 0. The van der Waals surface area contributed by atoms with E-state index < -0.39 is 5.97 Å².